The Morgan fingerprint density at radius 3 is 2.44 bits per heavy atom. The molecule has 0 aliphatic rings. The molecule has 0 fully saturated rings. The lowest BCUT2D eigenvalue weighted by molar-refractivity contribution is 0.247. The van der Waals surface area contributed by atoms with Crippen LogP contribution in [0.3, 0.4) is 0 Å². The molecule has 0 spiro atoms. The first kappa shape index (κ1) is 18.1. The van der Waals surface area contributed by atoms with Crippen molar-refractivity contribution in [1.82, 2.24) is 5.43 Å². The number of nitrogens with one attached hydrogen (secondary N) is 1. The topological polar surface area (TPSA) is 95.2 Å². The summed E-state index contributed by atoms with van der Waals surface area (Å²) in [7, 11) is 1.63. The number of methoxy groups -OCH3 is 1. The molecule has 0 aliphatic heterocycles. The first-order valence-corrected chi connectivity index (χ1v) is 7.75. The molecule has 2 aromatic carbocycles. The van der Waals surface area contributed by atoms with Gasteiger partial charge in [-0.1, -0.05) is 12.1 Å². The summed E-state index contributed by atoms with van der Waals surface area (Å²) in [5.41, 5.74) is 7.86. The average molecular weight is 343 g/mol. The zero-order chi connectivity index (χ0) is 17.9. The van der Waals surface area contributed by atoms with Crippen molar-refractivity contribution in [1.29, 1.82) is 0 Å². The molecule has 132 valence electrons. The maximum atomic E-state index is 10.5. The molecule has 3 N–H and O–H groups in total. The Morgan fingerprint density at radius 1 is 1.08 bits per heavy atom. The van der Waals surface area contributed by atoms with Gasteiger partial charge in [0, 0.05) is 6.42 Å². The molecule has 0 aromatic heterocycles. The van der Waals surface area contributed by atoms with Gasteiger partial charge in [0.2, 0.25) is 0 Å². The average Bonchev–Trinajstić information content (AvgIpc) is 2.62. The van der Waals surface area contributed by atoms with Crippen molar-refractivity contribution in [3.8, 4) is 17.2 Å². The number of urea groups is 1. The molecule has 25 heavy (non-hydrogen) atoms. The second-order valence-corrected chi connectivity index (χ2v) is 5.03. The normalized spacial score (nSPS) is 10.4. The molecular weight excluding hydrogens is 322 g/mol. The summed E-state index contributed by atoms with van der Waals surface area (Å²) in [6.07, 6.45) is 2.23. The van der Waals surface area contributed by atoms with Crippen LogP contribution in [0.1, 0.15) is 12.0 Å². The minimum absolute atomic E-state index is 0.524. The number of carbonyl (C=O) groups excluding carboxylic acids is 1. The molecule has 2 amide bonds. The molecule has 0 atom stereocenters. The third-order valence-electron chi connectivity index (χ3n) is 3.13. The van der Waals surface area contributed by atoms with Gasteiger partial charge in [0.25, 0.3) is 0 Å². The number of benzene rings is 2. The van der Waals surface area contributed by atoms with Crippen LogP contribution < -0.4 is 25.4 Å². The Kier molecular flexibility index (Phi) is 7.12. The van der Waals surface area contributed by atoms with E-state index in [1.165, 1.54) is 6.21 Å². The van der Waals surface area contributed by atoms with E-state index in [4.69, 9.17) is 19.9 Å². The predicted molar refractivity (Wildman–Crippen MR) is 95.4 cm³/mol. The highest BCUT2D eigenvalue weighted by molar-refractivity contribution is 5.81. The van der Waals surface area contributed by atoms with Crippen LogP contribution in [0.4, 0.5) is 4.79 Å². The first-order chi connectivity index (χ1) is 12.2. The third-order valence-corrected chi connectivity index (χ3v) is 3.13. The molecule has 0 aliphatic carbocycles. The molecule has 2 rings (SSSR count). The number of hydrogen-bond acceptors (Lipinski definition) is 5. The minimum atomic E-state index is -0.708. The Bertz CT molecular complexity index is 702. The maximum absolute atomic E-state index is 10.5. The summed E-state index contributed by atoms with van der Waals surface area (Å²) in [4.78, 5) is 10.5. The third kappa shape index (κ3) is 6.82. The minimum Gasteiger partial charge on any atom is -0.497 e. The molecule has 7 nitrogen and oxygen atoms in total. The number of nitrogens with zero attached hydrogens (tertiary/aromatic N) is 1. The lowest BCUT2D eigenvalue weighted by Gasteiger charge is -2.09. The van der Waals surface area contributed by atoms with Gasteiger partial charge in [-0.05, 0) is 42.0 Å². The van der Waals surface area contributed by atoms with Gasteiger partial charge in [0.1, 0.15) is 17.2 Å². The number of rotatable bonds is 9. The fourth-order valence-electron chi connectivity index (χ4n) is 1.97. The van der Waals surface area contributed by atoms with E-state index in [1.54, 1.807) is 7.11 Å². The van der Waals surface area contributed by atoms with Gasteiger partial charge in [-0.3, -0.25) is 0 Å². The summed E-state index contributed by atoms with van der Waals surface area (Å²) in [5.74, 6) is 2.30. The van der Waals surface area contributed by atoms with Gasteiger partial charge in [-0.15, -0.1) is 0 Å². The summed E-state index contributed by atoms with van der Waals surface area (Å²) in [5, 5.41) is 3.70. The smallest absolute Gasteiger partial charge is 0.332 e. The predicted octanol–water partition coefficient (Wildman–Crippen LogP) is 2.55. The number of nitrogens with two attached hydrogens (primary N) is 1. The molecule has 7 heteroatoms. The molecule has 0 saturated carbocycles. The van der Waals surface area contributed by atoms with Crippen molar-refractivity contribution in [2.45, 2.75) is 6.42 Å². The van der Waals surface area contributed by atoms with Crippen molar-refractivity contribution in [3.05, 3.63) is 54.1 Å². The van der Waals surface area contributed by atoms with E-state index in [0.717, 1.165) is 23.5 Å². The van der Waals surface area contributed by atoms with Gasteiger partial charge in [0.05, 0.1) is 26.5 Å². The second kappa shape index (κ2) is 9.82. The van der Waals surface area contributed by atoms with Crippen molar-refractivity contribution in [2.24, 2.45) is 10.8 Å². The number of hydrogen-bond donors (Lipinski definition) is 2. The molecule has 0 unspecified atom stereocenters. The van der Waals surface area contributed by atoms with Gasteiger partial charge < -0.3 is 19.9 Å². The highest BCUT2D eigenvalue weighted by Crippen LogP contribution is 2.17. The van der Waals surface area contributed by atoms with Crippen LogP contribution in [0.25, 0.3) is 0 Å². The monoisotopic (exact) mass is 343 g/mol. The van der Waals surface area contributed by atoms with E-state index in [1.807, 2.05) is 48.5 Å². The SMILES string of the molecule is COc1ccc(OCCCOc2cccc(/C=N\NC(N)=O)c2)cc1. The number of hydrazone groups is 1. The Labute approximate surface area is 146 Å². The Hall–Kier alpha value is -3.22. The Morgan fingerprint density at radius 2 is 1.76 bits per heavy atom. The zero-order valence-corrected chi connectivity index (χ0v) is 14.0. The van der Waals surface area contributed by atoms with E-state index < -0.39 is 6.03 Å². The summed E-state index contributed by atoms with van der Waals surface area (Å²) >= 11 is 0. The van der Waals surface area contributed by atoms with Crippen LogP contribution in [-0.2, 0) is 0 Å². The molecule has 0 saturated heterocycles. The van der Waals surface area contributed by atoms with Crippen molar-refractivity contribution >= 4 is 12.2 Å². The molecule has 0 radical (unpaired) electrons. The molecule has 2 aromatic rings. The van der Waals surface area contributed by atoms with E-state index >= 15 is 0 Å². The number of carbonyl (C=O) groups is 1. The molecular formula is C18H21N3O4. The van der Waals surface area contributed by atoms with Crippen LogP contribution in [0.5, 0.6) is 17.2 Å². The van der Waals surface area contributed by atoms with Crippen LogP contribution in [0.2, 0.25) is 0 Å². The van der Waals surface area contributed by atoms with E-state index in [-0.39, 0.29) is 0 Å². The van der Waals surface area contributed by atoms with Crippen LogP contribution in [-0.4, -0.2) is 32.6 Å². The Balaban J connectivity index is 1.70. The lowest BCUT2D eigenvalue weighted by atomic mass is 10.2. The first-order valence-electron chi connectivity index (χ1n) is 7.75. The maximum Gasteiger partial charge on any atom is 0.332 e. The molecule has 0 heterocycles. The van der Waals surface area contributed by atoms with E-state index in [9.17, 15) is 4.79 Å². The highest BCUT2D eigenvalue weighted by Gasteiger charge is 1.98. The van der Waals surface area contributed by atoms with Gasteiger partial charge in [-0.2, -0.15) is 5.10 Å². The summed E-state index contributed by atoms with van der Waals surface area (Å²) in [6.45, 7) is 1.08. The van der Waals surface area contributed by atoms with Gasteiger partial charge in [-0.25, -0.2) is 10.2 Å². The standard InChI is InChI=1S/C18H21N3O4/c1-23-15-6-8-16(9-7-15)24-10-3-11-25-17-5-2-4-14(12-17)13-20-21-18(19)22/h2,4-9,12-13H,3,10-11H2,1H3,(H3,19,21,22)/b20-13-. The summed E-state index contributed by atoms with van der Waals surface area (Å²) in [6, 6.07) is 14.1. The fraction of sp³-hybridized carbons (Fsp3) is 0.222. The van der Waals surface area contributed by atoms with E-state index in [0.29, 0.717) is 19.0 Å². The number of ether oxygens (including phenoxy) is 3. The second-order valence-electron chi connectivity index (χ2n) is 5.03. The largest absolute Gasteiger partial charge is 0.497 e. The van der Waals surface area contributed by atoms with E-state index in [2.05, 4.69) is 10.5 Å². The van der Waals surface area contributed by atoms with Gasteiger partial charge in [0.15, 0.2) is 0 Å². The van der Waals surface area contributed by atoms with Crippen molar-refractivity contribution < 1.29 is 19.0 Å². The highest BCUT2D eigenvalue weighted by atomic mass is 16.5. The number of amides is 2. The van der Waals surface area contributed by atoms with Crippen molar-refractivity contribution in [3.63, 3.8) is 0 Å². The fourth-order valence-corrected chi connectivity index (χ4v) is 1.97. The summed E-state index contributed by atoms with van der Waals surface area (Å²) < 4.78 is 16.4. The quantitative estimate of drug-likeness (QED) is 0.415. The number of primary amides is 1. The van der Waals surface area contributed by atoms with Crippen LogP contribution >= 0.6 is 0 Å². The zero-order valence-electron chi connectivity index (χ0n) is 14.0. The van der Waals surface area contributed by atoms with Crippen molar-refractivity contribution in [2.75, 3.05) is 20.3 Å². The van der Waals surface area contributed by atoms with Gasteiger partial charge >= 0.3 is 6.03 Å². The van der Waals surface area contributed by atoms with Crippen LogP contribution in [0.15, 0.2) is 53.6 Å². The molecule has 0 bridgehead atoms. The van der Waals surface area contributed by atoms with Crippen LogP contribution in [0, 0.1) is 0 Å². The lowest BCUT2D eigenvalue weighted by Crippen LogP contribution is -2.24.